The Morgan fingerprint density at radius 3 is 2.56 bits per heavy atom. The van der Waals surface area contributed by atoms with Crippen molar-refractivity contribution in [3.8, 4) is 0 Å². The summed E-state index contributed by atoms with van der Waals surface area (Å²) in [5.74, 6) is -0.582. The summed E-state index contributed by atoms with van der Waals surface area (Å²) < 4.78 is 1.77. The first kappa shape index (κ1) is 22.2. The number of halogens is 1. The second-order valence-electron chi connectivity index (χ2n) is 8.29. The molecule has 3 aromatic rings. The summed E-state index contributed by atoms with van der Waals surface area (Å²) in [7, 11) is 1.81. The number of para-hydroxylation sites is 1. The predicted molar refractivity (Wildman–Crippen MR) is 131 cm³/mol. The molecule has 0 bridgehead atoms. The number of aryl methyl sites for hydroxylation is 1. The van der Waals surface area contributed by atoms with Gasteiger partial charge in [0, 0.05) is 42.4 Å². The maximum absolute atomic E-state index is 13.1. The molecule has 6 nitrogen and oxygen atoms in total. The summed E-state index contributed by atoms with van der Waals surface area (Å²) in [5.41, 5.74) is 3.08. The summed E-state index contributed by atoms with van der Waals surface area (Å²) >= 11 is 6.52. The van der Waals surface area contributed by atoms with Gasteiger partial charge in [-0.15, -0.1) is 0 Å². The number of nitrogens with zero attached hydrogens (tertiary/aromatic N) is 2. The molecule has 2 heterocycles. The molecule has 1 aromatic heterocycles. The van der Waals surface area contributed by atoms with Crippen LogP contribution in [0.15, 0.2) is 48.5 Å². The Hall–Kier alpha value is -2.99. The summed E-state index contributed by atoms with van der Waals surface area (Å²) in [4.78, 5) is 28.5. The number of hydrogen-bond donors (Lipinski definition) is 2. The quantitative estimate of drug-likeness (QED) is 0.532. The molecule has 0 spiro atoms. The van der Waals surface area contributed by atoms with Crippen LogP contribution in [0.1, 0.15) is 43.1 Å². The van der Waals surface area contributed by atoms with Crippen LogP contribution in [0, 0.1) is 0 Å². The van der Waals surface area contributed by atoms with Gasteiger partial charge in [-0.05, 0) is 43.5 Å². The van der Waals surface area contributed by atoms with Gasteiger partial charge in [-0.1, -0.05) is 49.2 Å². The number of carbonyl (C=O) groups excluding carboxylic acids is 2. The zero-order valence-corrected chi connectivity index (χ0v) is 19.3. The first-order valence-electron chi connectivity index (χ1n) is 11.2. The molecular weight excluding hydrogens is 424 g/mol. The Bertz CT molecular complexity index is 1100. The van der Waals surface area contributed by atoms with Crippen molar-refractivity contribution in [2.45, 2.75) is 38.6 Å². The van der Waals surface area contributed by atoms with Crippen LogP contribution in [-0.4, -0.2) is 35.5 Å². The van der Waals surface area contributed by atoms with Crippen LogP contribution in [0.3, 0.4) is 0 Å². The van der Waals surface area contributed by atoms with Gasteiger partial charge < -0.3 is 20.1 Å². The Morgan fingerprint density at radius 2 is 1.84 bits per heavy atom. The van der Waals surface area contributed by atoms with E-state index in [0.29, 0.717) is 17.1 Å². The first-order valence-corrected chi connectivity index (χ1v) is 11.6. The van der Waals surface area contributed by atoms with Gasteiger partial charge in [0.25, 0.3) is 5.91 Å². The van der Waals surface area contributed by atoms with E-state index in [2.05, 4.69) is 21.6 Å². The topological polar surface area (TPSA) is 66.4 Å². The normalized spacial score (nSPS) is 14.5. The number of fused-ring (bicyclic) bond motifs is 1. The molecule has 2 amide bonds. The summed E-state index contributed by atoms with van der Waals surface area (Å²) in [5, 5.41) is 7.10. The van der Waals surface area contributed by atoms with Crippen molar-refractivity contribution < 1.29 is 9.59 Å². The third-order valence-corrected chi connectivity index (χ3v) is 6.43. The van der Waals surface area contributed by atoms with Crippen LogP contribution in [0.2, 0.25) is 5.02 Å². The molecule has 2 aromatic carbocycles. The largest absolute Gasteiger partial charge is 0.371 e. The zero-order chi connectivity index (χ0) is 22.7. The molecule has 0 radical (unpaired) electrons. The highest BCUT2D eigenvalue weighted by Gasteiger charge is 2.25. The van der Waals surface area contributed by atoms with E-state index in [-0.39, 0.29) is 11.8 Å². The highest BCUT2D eigenvalue weighted by Crippen LogP contribution is 2.30. The molecule has 1 atom stereocenters. The van der Waals surface area contributed by atoms with Gasteiger partial charge in [0.2, 0.25) is 5.91 Å². The number of anilines is 2. The second-order valence-corrected chi connectivity index (χ2v) is 8.67. The Morgan fingerprint density at radius 1 is 1.09 bits per heavy atom. The number of amides is 2. The van der Waals surface area contributed by atoms with Crippen molar-refractivity contribution in [1.82, 2.24) is 9.88 Å². The lowest BCUT2D eigenvalue weighted by atomic mass is 10.1. The first-order chi connectivity index (χ1) is 15.5. The molecule has 0 aliphatic carbocycles. The van der Waals surface area contributed by atoms with Gasteiger partial charge in [0.05, 0.1) is 5.02 Å². The average Bonchev–Trinajstić information content (AvgIpc) is 3.41. The molecule has 1 aliphatic rings. The van der Waals surface area contributed by atoms with Gasteiger partial charge in [-0.25, -0.2) is 0 Å². The van der Waals surface area contributed by atoms with Gasteiger partial charge in [0.1, 0.15) is 11.7 Å². The SMILES string of the molecule is CCCC(NC(=O)c1c(Cl)c2ccccc2n1C)C(=O)Nc1cccc(N2CCCC2)c1. The number of carbonyl (C=O) groups is 2. The smallest absolute Gasteiger partial charge is 0.270 e. The van der Waals surface area contributed by atoms with E-state index in [1.54, 1.807) is 4.57 Å². The van der Waals surface area contributed by atoms with E-state index in [9.17, 15) is 9.59 Å². The number of rotatable bonds is 7. The van der Waals surface area contributed by atoms with E-state index < -0.39 is 6.04 Å². The molecule has 32 heavy (non-hydrogen) atoms. The lowest BCUT2D eigenvalue weighted by Gasteiger charge is -2.20. The summed E-state index contributed by atoms with van der Waals surface area (Å²) in [6.07, 6.45) is 3.68. The number of hydrogen-bond acceptors (Lipinski definition) is 3. The molecule has 7 heteroatoms. The Kier molecular flexibility index (Phi) is 6.70. The van der Waals surface area contributed by atoms with E-state index in [0.717, 1.165) is 41.8 Å². The number of aromatic nitrogens is 1. The van der Waals surface area contributed by atoms with Crippen LogP contribution in [0.25, 0.3) is 10.9 Å². The third kappa shape index (κ3) is 4.46. The third-order valence-electron chi connectivity index (χ3n) is 6.04. The van der Waals surface area contributed by atoms with E-state index in [1.807, 2.05) is 56.4 Å². The predicted octanol–water partition coefficient (Wildman–Crippen LogP) is 4.97. The molecule has 0 saturated carbocycles. The van der Waals surface area contributed by atoms with E-state index in [1.165, 1.54) is 12.8 Å². The van der Waals surface area contributed by atoms with Gasteiger partial charge >= 0.3 is 0 Å². The van der Waals surface area contributed by atoms with Crippen LogP contribution in [0.5, 0.6) is 0 Å². The minimum Gasteiger partial charge on any atom is -0.371 e. The second kappa shape index (κ2) is 9.65. The van der Waals surface area contributed by atoms with Gasteiger partial charge in [0.15, 0.2) is 0 Å². The molecule has 1 saturated heterocycles. The van der Waals surface area contributed by atoms with Crippen molar-refractivity contribution in [2.24, 2.45) is 7.05 Å². The zero-order valence-electron chi connectivity index (χ0n) is 18.5. The van der Waals surface area contributed by atoms with Crippen LogP contribution < -0.4 is 15.5 Å². The highest BCUT2D eigenvalue weighted by molar-refractivity contribution is 6.38. The van der Waals surface area contributed by atoms with E-state index in [4.69, 9.17) is 11.6 Å². The van der Waals surface area contributed by atoms with Crippen molar-refractivity contribution in [2.75, 3.05) is 23.3 Å². The van der Waals surface area contributed by atoms with Crippen molar-refractivity contribution in [1.29, 1.82) is 0 Å². The molecule has 4 rings (SSSR count). The van der Waals surface area contributed by atoms with Crippen molar-refractivity contribution in [3.05, 3.63) is 59.2 Å². The van der Waals surface area contributed by atoms with E-state index >= 15 is 0 Å². The standard InChI is InChI=1S/C25H29ClN4O2/c1-3-9-20(24(31)27-17-10-8-11-18(16-17)30-14-6-7-15-30)28-25(32)23-22(26)19-12-4-5-13-21(19)29(23)2/h4-5,8,10-13,16,20H,3,6-7,9,14-15H2,1-2H3,(H,27,31)(H,28,32). The van der Waals surface area contributed by atoms with Crippen molar-refractivity contribution in [3.63, 3.8) is 0 Å². The van der Waals surface area contributed by atoms with Crippen LogP contribution in [-0.2, 0) is 11.8 Å². The Balaban J connectivity index is 1.51. The lowest BCUT2D eigenvalue weighted by molar-refractivity contribution is -0.118. The molecule has 1 fully saturated rings. The number of nitrogens with one attached hydrogen (secondary N) is 2. The van der Waals surface area contributed by atoms with Crippen LogP contribution in [0.4, 0.5) is 11.4 Å². The average molecular weight is 453 g/mol. The molecule has 1 aliphatic heterocycles. The fraction of sp³-hybridized carbons (Fsp3) is 0.360. The number of benzene rings is 2. The summed E-state index contributed by atoms with van der Waals surface area (Å²) in [6.45, 7) is 4.07. The fourth-order valence-corrected chi connectivity index (χ4v) is 4.74. The molecule has 168 valence electrons. The van der Waals surface area contributed by atoms with Gasteiger partial charge in [-0.2, -0.15) is 0 Å². The maximum Gasteiger partial charge on any atom is 0.270 e. The summed E-state index contributed by atoms with van der Waals surface area (Å²) in [6, 6.07) is 14.8. The maximum atomic E-state index is 13.1. The highest BCUT2D eigenvalue weighted by atomic mass is 35.5. The van der Waals surface area contributed by atoms with Crippen LogP contribution >= 0.6 is 11.6 Å². The van der Waals surface area contributed by atoms with Gasteiger partial charge in [-0.3, -0.25) is 9.59 Å². The minimum absolute atomic E-state index is 0.228. The monoisotopic (exact) mass is 452 g/mol. The molecule has 2 N–H and O–H groups in total. The fourth-order valence-electron chi connectivity index (χ4n) is 4.37. The van der Waals surface area contributed by atoms with Crippen molar-refractivity contribution >= 4 is 45.7 Å². The molecular formula is C25H29ClN4O2. The minimum atomic E-state index is -0.656. The Labute approximate surface area is 193 Å². The molecule has 1 unspecified atom stereocenters. The lowest BCUT2D eigenvalue weighted by Crippen LogP contribution is -2.44.